The Morgan fingerprint density at radius 2 is 2.31 bits per heavy atom. The lowest BCUT2D eigenvalue weighted by molar-refractivity contribution is 0.0817. The maximum Gasteiger partial charge on any atom is 0.271 e. The number of rotatable bonds is 2. The Balaban J connectivity index is 3.11. The van der Waals surface area contributed by atoms with E-state index in [0.29, 0.717) is 11.4 Å². The van der Waals surface area contributed by atoms with E-state index < -0.39 is 0 Å². The molecule has 1 heterocycles. The average Bonchev–Trinajstić information content (AvgIpc) is 2.45. The lowest BCUT2D eigenvalue weighted by Crippen LogP contribution is -2.25. The zero-order chi connectivity index (χ0) is 10.0. The van der Waals surface area contributed by atoms with Crippen LogP contribution in [0.4, 0.5) is 0 Å². The second-order valence-corrected chi connectivity index (χ2v) is 3.05. The van der Waals surface area contributed by atoms with Gasteiger partial charge in [-0.2, -0.15) is 0 Å². The molecule has 0 saturated carbocycles. The van der Waals surface area contributed by atoms with Gasteiger partial charge < -0.3 is 15.2 Å². The minimum atomic E-state index is -0.0690. The number of imidazole rings is 1. The molecule has 0 bridgehead atoms. The summed E-state index contributed by atoms with van der Waals surface area (Å²) in [6, 6.07) is 0. The van der Waals surface area contributed by atoms with E-state index in [9.17, 15) is 4.79 Å². The second kappa shape index (κ2) is 3.57. The number of nitrogens with two attached hydrogens (primary N) is 1. The molecule has 0 aliphatic heterocycles. The summed E-state index contributed by atoms with van der Waals surface area (Å²) in [7, 11) is 5.19. The van der Waals surface area contributed by atoms with Crippen molar-refractivity contribution in [3.8, 4) is 0 Å². The molecule has 0 radical (unpaired) electrons. The zero-order valence-corrected chi connectivity index (χ0v) is 8.11. The van der Waals surface area contributed by atoms with Crippen LogP contribution in [0.2, 0.25) is 0 Å². The first-order chi connectivity index (χ1) is 6.07. The van der Waals surface area contributed by atoms with Crippen molar-refractivity contribution >= 4 is 5.91 Å². The smallest absolute Gasteiger partial charge is 0.271 e. The second-order valence-electron chi connectivity index (χ2n) is 3.05. The number of aryl methyl sites for hydroxylation is 1. The van der Waals surface area contributed by atoms with Crippen LogP contribution >= 0.6 is 0 Å². The van der Waals surface area contributed by atoms with Gasteiger partial charge in [-0.25, -0.2) is 4.98 Å². The van der Waals surface area contributed by atoms with Gasteiger partial charge in [0, 0.05) is 27.7 Å². The summed E-state index contributed by atoms with van der Waals surface area (Å²) >= 11 is 0. The van der Waals surface area contributed by atoms with Crippen molar-refractivity contribution in [2.24, 2.45) is 12.8 Å². The highest BCUT2D eigenvalue weighted by molar-refractivity contribution is 5.93. The molecule has 0 spiro atoms. The van der Waals surface area contributed by atoms with Crippen molar-refractivity contribution < 1.29 is 4.79 Å². The van der Waals surface area contributed by atoms with E-state index in [1.54, 1.807) is 32.0 Å². The van der Waals surface area contributed by atoms with E-state index in [-0.39, 0.29) is 12.5 Å². The van der Waals surface area contributed by atoms with E-state index in [2.05, 4.69) is 4.98 Å². The van der Waals surface area contributed by atoms with E-state index in [4.69, 9.17) is 5.73 Å². The van der Waals surface area contributed by atoms with Crippen molar-refractivity contribution in [3.05, 3.63) is 17.7 Å². The summed E-state index contributed by atoms with van der Waals surface area (Å²) in [5.74, 6) is -0.0690. The highest BCUT2D eigenvalue weighted by atomic mass is 16.2. The third-order valence-electron chi connectivity index (χ3n) is 1.81. The molecule has 0 saturated heterocycles. The number of amides is 1. The van der Waals surface area contributed by atoms with Gasteiger partial charge in [0.05, 0.1) is 12.0 Å². The number of hydrogen-bond acceptors (Lipinski definition) is 3. The lowest BCUT2D eigenvalue weighted by Gasteiger charge is -2.11. The van der Waals surface area contributed by atoms with Gasteiger partial charge in [0.2, 0.25) is 0 Å². The summed E-state index contributed by atoms with van der Waals surface area (Å²) in [6.07, 6.45) is 1.60. The Morgan fingerprint density at radius 1 is 1.69 bits per heavy atom. The quantitative estimate of drug-likeness (QED) is 0.675. The van der Waals surface area contributed by atoms with E-state index in [1.807, 2.05) is 0 Å². The zero-order valence-electron chi connectivity index (χ0n) is 8.11. The third kappa shape index (κ3) is 1.70. The summed E-state index contributed by atoms with van der Waals surface area (Å²) in [5, 5.41) is 0. The van der Waals surface area contributed by atoms with E-state index >= 15 is 0 Å². The highest BCUT2D eigenvalue weighted by Crippen LogP contribution is 2.07. The Kier molecular flexibility index (Phi) is 2.67. The number of aromatic nitrogens is 2. The first-order valence-corrected chi connectivity index (χ1v) is 3.99. The number of nitrogens with zero attached hydrogens (tertiary/aromatic N) is 3. The standard InChI is InChI=1S/C8H14N4O/c1-11(2)8(13)7-6(4-9)10-5-12(7)3/h5H,4,9H2,1-3H3. The van der Waals surface area contributed by atoms with Gasteiger partial charge in [-0.3, -0.25) is 4.79 Å². The monoisotopic (exact) mass is 182 g/mol. The molecule has 13 heavy (non-hydrogen) atoms. The van der Waals surface area contributed by atoms with Crippen molar-refractivity contribution in [2.75, 3.05) is 14.1 Å². The fourth-order valence-corrected chi connectivity index (χ4v) is 1.11. The van der Waals surface area contributed by atoms with Crippen LogP contribution in [0.25, 0.3) is 0 Å². The van der Waals surface area contributed by atoms with Crippen LogP contribution in [0.1, 0.15) is 16.2 Å². The average molecular weight is 182 g/mol. The molecular formula is C8H14N4O. The molecule has 0 fully saturated rings. The van der Waals surface area contributed by atoms with E-state index in [1.165, 1.54) is 4.90 Å². The highest BCUT2D eigenvalue weighted by Gasteiger charge is 2.17. The molecule has 1 aromatic rings. The number of carbonyl (C=O) groups is 1. The third-order valence-corrected chi connectivity index (χ3v) is 1.81. The van der Waals surface area contributed by atoms with Crippen LogP contribution in [0.5, 0.6) is 0 Å². The first kappa shape index (κ1) is 9.73. The molecule has 1 amide bonds. The predicted molar refractivity (Wildman–Crippen MR) is 49.1 cm³/mol. The Hall–Kier alpha value is -1.36. The molecule has 2 N–H and O–H groups in total. The SMILES string of the molecule is CN(C)C(=O)c1c(CN)ncn1C. The molecule has 1 rings (SSSR count). The maximum absolute atomic E-state index is 11.6. The predicted octanol–water partition coefficient (Wildman–Crippen LogP) is -0.419. The van der Waals surface area contributed by atoms with Crippen molar-refractivity contribution in [1.29, 1.82) is 0 Å². The van der Waals surface area contributed by atoms with Crippen molar-refractivity contribution in [3.63, 3.8) is 0 Å². The molecule has 0 atom stereocenters. The molecule has 0 aliphatic rings. The van der Waals surface area contributed by atoms with Gasteiger partial charge in [-0.15, -0.1) is 0 Å². The summed E-state index contributed by atoms with van der Waals surface area (Å²) < 4.78 is 1.69. The topological polar surface area (TPSA) is 64.2 Å². The Morgan fingerprint density at radius 3 is 2.77 bits per heavy atom. The minimum Gasteiger partial charge on any atom is -0.343 e. The molecule has 72 valence electrons. The summed E-state index contributed by atoms with van der Waals surface area (Å²) in [5.41, 5.74) is 6.66. The van der Waals surface area contributed by atoms with Gasteiger partial charge in [0.15, 0.2) is 0 Å². The molecule has 0 aliphatic carbocycles. The van der Waals surface area contributed by atoms with Crippen LogP contribution < -0.4 is 5.73 Å². The van der Waals surface area contributed by atoms with Gasteiger partial charge in [0.25, 0.3) is 5.91 Å². The minimum absolute atomic E-state index is 0.0690. The van der Waals surface area contributed by atoms with Crippen LogP contribution in [-0.2, 0) is 13.6 Å². The molecule has 5 nitrogen and oxygen atoms in total. The normalized spacial score (nSPS) is 10.2. The summed E-state index contributed by atoms with van der Waals surface area (Å²) in [4.78, 5) is 17.2. The lowest BCUT2D eigenvalue weighted by atomic mass is 10.3. The van der Waals surface area contributed by atoms with Gasteiger partial charge in [-0.05, 0) is 0 Å². The first-order valence-electron chi connectivity index (χ1n) is 3.99. The fourth-order valence-electron chi connectivity index (χ4n) is 1.11. The molecule has 1 aromatic heterocycles. The molecular weight excluding hydrogens is 168 g/mol. The van der Waals surface area contributed by atoms with Crippen LogP contribution in [0, 0.1) is 0 Å². The van der Waals surface area contributed by atoms with Crippen molar-refractivity contribution in [2.45, 2.75) is 6.54 Å². The van der Waals surface area contributed by atoms with Crippen LogP contribution in [0.3, 0.4) is 0 Å². The van der Waals surface area contributed by atoms with Crippen LogP contribution in [0.15, 0.2) is 6.33 Å². The Labute approximate surface area is 77.2 Å². The molecule has 0 aromatic carbocycles. The van der Waals surface area contributed by atoms with Gasteiger partial charge in [-0.1, -0.05) is 0 Å². The van der Waals surface area contributed by atoms with Crippen molar-refractivity contribution in [1.82, 2.24) is 14.5 Å². The van der Waals surface area contributed by atoms with E-state index in [0.717, 1.165) is 0 Å². The maximum atomic E-state index is 11.6. The fraction of sp³-hybridized carbons (Fsp3) is 0.500. The number of carbonyl (C=O) groups excluding carboxylic acids is 1. The molecule has 5 heteroatoms. The summed E-state index contributed by atoms with van der Waals surface area (Å²) in [6.45, 7) is 0.287. The number of hydrogen-bond donors (Lipinski definition) is 1. The largest absolute Gasteiger partial charge is 0.343 e. The van der Waals surface area contributed by atoms with Gasteiger partial charge >= 0.3 is 0 Å². The van der Waals surface area contributed by atoms with Gasteiger partial charge in [0.1, 0.15) is 5.69 Å². The van der Waals surface area contributed by atoms with Crippen LogP contribution in [-0.4, -0.2) is 34.5 Å². The Bertz CT molecular complexity index is 316. The molecule has 0 unspecified atom stereocenters.